The highest BCUT2D eigenvalue weighted by Gasteiger charge is 2.29. The summed E-state index contributed by atoms with van der Waals surface area (Å²) in [6.07, 6.45) is 3.45. The lowest BCUT2D eigenvalue weighted by Crippen LogP contribution is -2.40. The molecule has 0 unspecified atom stereocenters. The summed E-state index contributed by atoms with van der Waals surface area (Å²) in [5.41, 5.74) is 4.78. The lowest BCUT2D eigenvalue weighted by atomic mass is 9.98. The third-order valence-electron chi connectivity index (χ3n) is 6.05. The van der Waals surface area contributed by atoms with Crippen LogP contribution < -0.4 is 10.6 Å². The van der Waals surface area contributed by atoms with Crippen molar-refractivity contribution in [1.29, 1.82) is 0 Å². The Kier molecular flexibility index (Phi) is 8.85. The van der Waals surface area contributed by atoms with Crippen LogP contribution in [0.5, 0.6) is 0 Å². The van der Waals surface area contributed by atoms with Crippen molar-refractivity contribution in [2.24, 2.45) is 0 Å². The molecule has 3 rings (SSSR count). The van der Waals surface area contributed by atoms with Crippen molar-refractivity contribution in [3.8, 4) is 11.1 Å². The number of carbonyl (C=O) groups excluding carboxylic acids is 2. The number of fused-ring (bicyclic) bond motifs is 3. The van der Waals surface area contributed by atoms with Crippen LogP contribution in [0.4, 0.5) is 4.79 Å². The van der Waals surface area contributed by atoms with Gasteiger partial charge in [0.15, 0.2) is 0 Å². The van der Waals surface area contributed by atoms with Crippen molar-refractivity contribution in [3.63, 3.8) is 0 Å². The summed E-state index contributed by atoms with van der Waals surface area (Å²) in [5, 5.41) is 14.4. The highest BCUT2D eigenvalue weighted by Crippen LogP contribution is 2.44. The van der Waals surface area contributed by atoms with Gasteiger partial charge in [-0.05, 0) is 35.6 Å². The van der Waals surface area contributed by atoms with Gasteiger partial charge in [-0.3, -0.25) is 4.79 Å². The number of amides is 2. The first-order valence-corrected chi connectivity index (χ1v) is 11.7. The molecule has 0 bridgehead atoms. The van der Waals surface area contributed by atoms with Crippen LogP contribution in [-0.2, 0) is 14.3 Å². The average Bonchev–Trinajstić information content (AvgIpc) is 3.14. The molecular formula is C27H32N2O5. The number of unbranched alkanes of at least 4 members (excludes halogenated alkanes) is 1. The van der Waals surface area contributed by atoms with Crippen LogP contribution in [0.3, 0.4) is 0 Å². The molecule has 0 aromatic heterocycles. The van der Waals surface area contributed by atoms with Crippen molar-refractivity contribution in [2.75, 3.05) is 13.2 Å². The fourth-order valence-corrected chi connectivity index (χ4v) is 4.18. The number of hydrogen-bond donors (Lipinski definition) is 3. The normalized spacial score (nSPS) is 13.5. The summed E-state index contributed by atoms with van der Waals surface area (Å²) in [6.45, 7) is 3.86. The average molecular weight is 465 g/mol. The van der Waals surface area contributed by atoms with E-state index in [4.69, 9.17) is 9.84 Å². The van der Waals surface area contributed by atoms with E-state index in [9.17, 15) is 14.4 Å². The second kappa shape index (κ2) is 12.0. The second-order valence-corrected chi connectivity index (χ2v) is 8.51. The van der Waals surface area contributed by atoms with E-state index in [1.54, 1.807) is 0 Å². The first-order valence-electron chi connectivity index (χ1n) is 11.7. The van der Waals surface area contributed by atoms with Gasteiger partial charge < -0.3 is 20.5 Å². The Morgan fingerprint density at radius 1 is 1.06 bits per heavy atom. The highest BCUT2D eigenvalue weighted by molar-refractivity contribution is 5.86. The number of ether oxygens (including phenoxy) is 1. The topological polar surface area (TPSA) is 105 Å². The smallest absolute Gasteiger partial charge is 0.407 e. The summed E-state index contributed by atoms with van der Waals surface area (Å²) in [5.74, 6) is -1.30. The van der Waals surface area contributed by atoms with E-state index >= 15 is 0 Å². The fourth-order valence-electron chi connectivity index (χ4n) is 4.18. The molecule has 7 nitrogen and oxygen atoms in total. The number of hydrogen-bond acceptors (Lipinski definition) is 4. The SMILES string of the molecule is CCCC[C@@H](CC(=O)NC/C=C(\C)C(=O)O)NC(=O)OCC1c2ccccc2-c2ccccc21. The third kappa shape index (κ3) is 6.47. The van der Waals surface area contributed by atoms with Crippen LogP contribution in [0.15, 0.2) is 60.2 Å². The first kappa shape index (κ1) is 25.0. The van der Waals surface area contributed by atoms with Gasteiger partial charge in [0, 0.05) is 30.5 Å². The zero-order valence-electron chi connectivity index (χ0n) is 19.7. The van der Waals surface area contributed by atoms with Crippen molar-refractivity contribution in [1.82, 2.24) is 10.6 Å². The van der Waals surface area contributed by atoms with Gasteiger partial charge in [0.1, 0.15) is 6.61 Å². The molecule has 3 N–H and O–H groups in total. The van der Waals surface area contributed by atoms with Crippen LogP contribution in [0.2, 0.25) is 0 Å². The van der Waals surface area contributed by atoms with E-state index in [1.807, 2.05) is 31.2 Å². The molecule has 0 heterocycles. The highest BCUT2D eigenvalue weighted by atomic mass is 16.5. The van der Waals surface area contributed by atoms with E-state index in [1.165, 1.54) is 13.0 Å². The Morgan fingerprint density at radius 3 is 2.26 bits per heavy atom. The van der Waals surface area contributed by atoms with Crippen molar-refractivity contribution >= 4 is 18.0 Å². The second-order valence-electron chi connectivity index (χ2n) is 8.51. The molecule has 2 aromatic carbocycles. The van der Waals surface area contributed by atoms with Crippen molar-refractivity contribution in [2.45, 2.75) is 51.5 Å². The summed E-state index contributed by atoms with van der Waals surface area (Å²) >= 11 is 0. The van der Waals surface area contributed by atoms with E-state index in [-0.39, 0.29) is 43.0 Å². The fraction of sp³-hybridized carbons (Fsp3) is 0.370. The molecule has 2 aromatic rings. The number of carboxylic acid groups (broad SMARTS) is 1. The Hall–Kier alpha value is -3.61. The Labute approximate surface area is 200 Å². The molecule has 0 spiro atoms. The Bertz CT molecular complexity index is 1020. The lowest BCUT2D eigenvalue weighted by Gasteiger charge is -2.19. The van der Waals surface area contributed by atoms with Crippen LogP contribution >= 0.6 is 0 Å². The molecule has 180 valence electrons. The van der Waals surface area contributed by atoms with Gasteiger partial charge in [-0.25, -0.2) is 9.59 Å². The van der Waals surface area contributed by atoms with Gasteiger partial charge in [-0.1, -0.05) is 74.4 Å². The minimum absolute atomic E-state index is 0.0280. The molecule has 0 saturated carbocycles. The largest absolute Gasteiger partial charge is 0.478 e. The Balaban J connectivity index is 1.56. The molecule has 34 heavy (non-hydrogen) atoms. The number of alkyl carbamates (subject to hydrolysis) is 1. The third-order valence-corrected chi connectivity index (χ3v) is 6.05. The molecule has 0 aliphatic heterocycles. The zero-order valence-corrected chi connectivity index (χ0v) is 19.7. The first-order chi connectivity index (χ1) is 16.4. The van der Waals surface area contributed by atoms with Crippen molar-refractivity contribution in [3.05, 3.63) is 71.3 Å². The maximum Gasteiger partial charge on any atom is 0.407 e. The summed E-state index contributed by atoms with van der Waals surface area (Å²) in [4.78, 5) is 35.8. The quantitative estimate of drug-likeness (QED) is 0.421. The summed E-state index contributed by atoms with van der Waals surface area (Å²) < 4.78 is 5.61. The number of benzene rings is 2. The van der Waals surface area contributed by atoms with Crippen LogP contribution in [-0.4, -0.2) is 42.3 Å². The van der Waals surface area contributed by atoms with Crippen LogP contribution in [0.1, 0.15) is 56.6 Å². The van der Waals surface area contributed by atoms with Gasteiger partial charge in [0.05, 0.1) is 0 Å². The number of carbonyl (C=O) groups is 3. The monoisotopic (exact) mass is 464 g/mol. The standard InChI is InChI=1S/C27H32N2O5/c1-3-4-9-19(16-25(30)28-15-14-18(2)26(31)32)29-27(33)34-17-24-22-12-7-5-10-20(22)21-11-6-8-13-23(21)24/h5-8,10-14,19,24H,3-4,9,15-17H2,1-2H3,(H,28,30)(H,29,33)(H,31,32)/b18-14+/t19-/m0/s1. The van der Waals surface area contributed by atoms with E-state index in [0.717, 1.165) is 35.1 Å². The van der Waals surface area contributed by atoms with Gasteiger partial charge in [0.2, 0.25) is 5.91 Å². The molecule has 1 atom stereocenters. The molecule has 2 amide bonds. The molecule has 1 aliphatic rings. The zero-order chi connectivity index (χ0) is 24.5. The predicted molar refractivity (Wildman–Crippen MR) is 131 cm³/mol. The predicted octanol–water partition coefficient (Wildman–Crippen LogP) is 4.62. The van der Waals surface area contributed by atoms with Gasteiger partial charge >= 0.3 is 12.1 Å². The van der Waals surface area contributed by atoms with Crippen LogP contribution in [0, 0.1) is 0 Å². The molecule has 1 aliphatic carbocycles. The molecule has 7 heteroatoms. The Morgan fingerprint density at radius 2 is 1.68 bits per heavy atom. The summed E-state index contributed by atoms with van der Waals surface area (Å²) in [6, 6.07) is 15.9. The molecule has 0 fully saturated rings. The van der Waals surface area contributed by atoms with E-state index in [2.05, 4.69) is 34.9 Å². The number of nitrogens with one attached hydrogen (secondary N) is 2. The molecular weight excluding hydrogens is 432 g/mol. The minimum atomic E-state index is -1.02. The van der Waals surface area contributed by atoms with Crippen molar-refractivity contribution < 1.29 is 24.2 Å². The molecule has 0 saturated heterocycles. The van der Waals surface area contributed by atoms with Gasteiger partial charge in [-0.15, -0.1) is 0 Å². The van der Waals surface area contributed by atoms with E-state index < -0.39 is 12.1 Å². The number of carboxylic acids is 1. The maximum absolute atomic E-state index is 12.6. The lowest BCUT2D eigenvalue weighted by molar-refractivity contribution is -0.132. The number of rotatable bonds is 11. The van der Waals surface area contributed by atoms with Crippen LogP contribution in [0.25, 0.3) is 11.1 Å². The minimum Gasteiger partial charge on any atom is -0.478 e. The van der Waals surface area contributed by atoms with Gasteiger partial charge in [0.25, 0.3) is 0 Å². The molecule has 0 radical (unpaired) electrons. The van der Waals surface area contributed by atoms with Gasteiger partial charge in [-0.2, -0.15) is 0 Å². The number of aliphatic carboxylic acids is 1. The van der Waals surface area contributed by atoms with E-state index in [0.29, 0.717) is 6.42 Å². The summed E-state index contributed by atoms with van der Waals surface area (Å²) in [7, 11) is 0. The maximum atomic E-state index is 12.6.